The molecule has 0 heterocycles. The Morgan fingerprint density at radius 3 is 1.20 bits per heavy atom. The van der Waals surface area contributed by atoms with Gasteiger partial charge >= 0.3 is 17.2 Å². The molecule has 264 valence electrons. The van der Waals surface area contributed by atoms with E-state index in [0.717, 1.165) is 36.8 Å². The number of para-hydroxylation sites is 2. The maximum absolute atomic E-state index is 9.60. The van der Waals surface area contributed by atoms with E-state index in [4.69, 9.17) is 33.8 Å². The predicted molar refractivity (Wildman–Crippen MR) is 188 cm³/mol. The van der Waals surface area contributed by atoms with Crippen molar-refractivity contribution in [3.63, 3.8) is 0 Å². The van der Waals surface area contributed by atoms with Crippen LogP contribution in [0.1, 0.15) is 115 Å². The maximum atomic E-state index is 9.60. The van der Waals surface area contributed by atoms with Crippen LogP contribution in [0.25, 0.3) is 0 Å². The molecule has 0 spiro atoms. The van der Waals surface area contributed by atoms with Gasteiger partial charge in [0.05, 0.1) is 31.8 Å². The first-order chi connectivity index (χ1) is 22.4. The third-order valence-corrected chi connectivity index (χ3v) is 9.68. The van der Waals surface area contributed by atoms with Gasteiger partial charge in [0.2, 0.25) is 0 Å². The van der Waals surface area contributed by atoms with Gasteiger partial charge in [0.1, 0.15) is 11.5 Å². The first kappa shape index (κ1) is 42.6. The normalized spacial score (nSPS) is 11.5. The number of aliphatic hydroxyl groups excluding tert-OH is 4. The van der Waals surface area contributed by atoms with Crippen LogP contribution < -0.4 is 9.05 Å². The summed E-state index contributed by atoms with van der Waals surface area (Å²) in [5, 5.41) is 34.0. The minimum atomic E-state index is -2.62. The van der Waals surface area contributed by atoms with E-state index in [-0.39, 0.29) is 0 Å². The monoisotopic (exact) mass is 686 g/mol. The van der Waals surface area contributed by atoms with Gasteiger partial charge in [-0.25, -0.2) is 4.31 Å². The van der Waals surface area contributed by atoms with Crippen LogP contribution in [0, 0.1) is 5.41 Å². The maximum Gasteiger partial charge on any atom is 0.470 e. The fraction of sp³-hybridized carbons (Fsp3) is 0.657. The highest BCUT2D eigenvalue weighted by Crippen LogP contribution is 2.51. The van der Waals surface area contributed by atoms with Gasteiger partial charge < -0.3 is 39.3 Å². The predicted octanol–water partition coefficient (Wildman–Crippen LogP) is 8.13. The molecular weight excluding hydrogens is 626 g/mol. The first-order valence-corrected chi connectivity index (χ1v) is 19.3. The van der Waals surface area contributed by atoms with Crippen LogP contribution >= 0.6 is 17.2 Å². The summed E-state index contributed by atoms with van der Waals surface area (Å²) in [6.45, 7) is 2.86. The summed E-state index contributed by atoms with van der Waals surface area (Å²) in [5.41, 5.74) is 1.07. The molecule has 2 rings (SSSR count). The van der Waals surface area contributed by atoms with Crippen molar-refractivity contribution >= 4 is 17.2 Å². The molecule has 11 heteroatoms. The summed E-state index contributed by atoms with van der Waals surface area (Å²) in [5.74, 6) is 1.36. The topological polar surface area (TPSA) is 149 Å². The van der Waals surface area contributed by atoms with Crippen LogP contribution in [0.2, 0.25) is 0 Å². The molecule has 46 heavy (non-hydrogen) atoms. The lowest BCUT2D eigenvalue weighted by Crippen LogP contribution is -2.37. The number of hydrogen-bond acceptors (Lipinski definition) is 9. The second-order valence-corrected chi connectivity index (χ2v) is 13.8. The van der Waals surface area contributed by atoms with E-state index in [0.29, 0.717) is 11.5 Å². The number of aryl methyl sites for hydroxylation is 2. The lowest BCUT2D eigenvalue weighted by molar-refractivity contribution is -0.0328. The van der Waals surface area contributed by atoms with Crippen LogP contribution in [-0.2, 0) is 17.2 Å². The highest BCUT2D eigenvalue weighted by atomic mass is 31.2. The summed E-state index contributed by atoms with van der Waals surface area (Å²) in [7, 11) is -4.63. The van der Waals surface area contributed by atoms with Gasteiger partial charge in [0, 0.05) is 0 Å². The standard InChI is InChI=1S/C30H48O5P2.C5H12O4/c1-3-5-7-9-11-13-15-21-27-23-17-19-25-29(27)33-37(35-36(31)32)34-30-26-20-18-24-28(30)22-16-14-12-10-8-6-4-2;6-1-5(2-7,3-8)4-9/h17-20,23-26,31-32H,3-16,21-22H2,1-2H3;6-9H,1-4H2. The second-order valence-electron chi connectivity index (χ2n) is 11.8. The zero-order valence-electron chi connectivity index (χ0n) is 28.1. The van der Waals surface area contributed by atoms with Gasteiger partial charge in [0.15, 0.2) is 0 Å². The molecule has 2 aromatic carbocycles. The van der Waals surface area contributed by atoms with Crippen molar-refractivity contribution < 1.29 is 43.6 Å². The fourth-order valence-electron chi connectivity index (χ4n) is 4.72. The molecule has 0 saturated heterocycles. The molecular formula is C35H60O9P2. The van der Waals surface area contributed by atoms with Crippen molar-refractivity contribution in [1.29, 1.82) is 0 Å². The van der Waals surface area contributed by atoms with Crippen LogP contribution in [-0.4, -0.2) is 56.6 Å². The average molecular weight is 687 g/mol. The highest BCUT2D eigenvalue weighted by Gasteiger charge is 2.26. The van der Waals surface area contributed by atoms with Crippen LogP contribution in [0.3, 0.4) is 0 Å². The SMILES string of the molecule is CCCCCCCCCc1ccccc1OP(Oc1ccccc1CCCCCCCCC)OP(O)O.OCC(CO)(CO)CO. The Morgan fingerprint density at radius 2 is 0.870 bits per heavy atom. The van der Waals surface area contributed by atoms with Crippen molar-refractivity contribution in [2.45, 2.75) is 117 Å². The van der Waals surface area contributed by atoms with Crippen molar-refractivity contribution in [3.05, 3.63) is 59.7 Å². The van der Waals surface area contributed by atoms with E-state index >= 15 is 0 Å². The van der Waals surface area contributed by atoms with E-state index in [1.807, 2.05) is 36.4 Å². The zero-order valence-corrected chi connectivity index (χ0v) is 29.9. The number of aliphatic hydroxyl groups is 4. The summed E-state index contributed by atoms with van der Waals surface area (Å²) >= 11 is 0. The number of benzene rings is 2. The second kappa shape index (κ2) is 27.6. The minimum absolute atomic E-state index is 0.406. The Labute approximate surface area is 280 Å². The molecule has 0 unspecified atom stereocenters. The lowest BCUT2D eigenvalue weighted by Gasteiger charge is -2.23. The quantitative estimate of drug-likeness (QED) is 0.0426. The number of hydrogen-bond donors (Lipinski definition) is 6. The number of rotatable bonds is 26. The fourth-order valence-corrected chi connectivity index (χ4v) is 6.17. The molecule has 0 aliphatic carbocycles. The molecule has 0 bridgehead atoms. The Morgan fingerprint density at radius 1 is 0.522 bits per heavy atom. The highest BCUT2D eigenvalue weighted by molar-refractivity contribution is 7.55. The van der Waals surface area contributed by atoms with E-state index in [9.17, 15) is 9.79 Å². The smallest absolute Gasteiger partial charge is 0.417 e. The van der Waals surface area contributed by atoms with E-state index in [1.54, 1.807) is 0 Å². The van der Waals surface area contributed by atoms with Crippen LogP contribution in [0.5, 0.6) is 11.5 Å². The molecule has 0 aliphatic heterocycles. The van der Waals surface area contributed by atoms with Gasteiger partial charge in [-0.3, -0.25) is 0 Å². The van der Waals surface area contributed by atoms with E-state index in [2.05, 4.69) is 26.0 Å². The Bertz CT molecular complexity index is 911. The lowest BCUT2D eigenvalue weighted by atomic mass is 9.93. The van der Waals surface area contributed by atoms with Gasteiger partial charge in [-0.15, -0.1) is 0 Å². The molecule has 0 atom stereocenters. The zero-order chi connectivity index (χ0) is 33.9. The first-order valence-electron chi connectivity index (χ1n) is 17.0. The summed E-state index contributed by atoms with van der Waals surface area (Å²) in [4.78, 5) is 19.2. The summed E-state index contributed by atoms with van der Waals surface area (Å²) in [6.07, 6.45) is 19.4. The third-order valence-electron chi connectivity index (χ3n) is 7.87. The Kier molecular flexibility index (Phi) is 25.5. The summed E-state index contributed by atoms with van der Waals surface area (Å²) < 4.78 is 17.6. The molecule has 0 saturated carbocycles. The molecule has 0 radical (unpaired) electrons. The summed E-state index contributed by atoms with van der Waals surface area (Å²) in [6, 6.07) is 15.8. The van der Waals surface area contributed by atoms with Gasteiger partial charge in [-0.2, -0.15) is 0 Å². The van der Waals surface area contributed by atoms with E-state index < -0.39 is 49.0 Å². The van der Waals surface area contributed by atoms with Gasteiger partial charge in [-0.1, -0.05) is 127 Å². The van der Waals surface area contributed by atoms with Gasteiger partial charge in [0.25, 0.3) is 0 Å². The molecule has 0 aliphatic rings. The van der Waals surface area contributed by atoms with Crippen molar-refractivity contribution in [3.8, 4) is 11.5 Å². The van der Waals surface area contributed by atoms with Gasteiger partial charge in [-0.05, 0) is 48.9 Å². The molecule has 2 aromatic rings. The Balaban J connectivity index is 0.00000102. The Hall–Kier alpha value is -1.38. The molecule has 9 nitrogen and oxygen atoms in total. The van der Waals surface area contributed by atoms with Crippen molar-refractivity contribution in [1.82, 2.24) is 0 Å². The minimum Gasteiger partial charge on any atom is -0.417 e. The molecule has 0 fully saturated rings. The molecule has 0 amide bonds. The van der Waals surface area contributed by atoms with Crippen LogP contribution in [0.4, 0.5) is 0 Å². The van der Waals surface area contributed by atoms with Crippen molar-refractivity contribution in [2.75, 3.05) is 26.4 Å². The number of unbranched alkanes of at least 4 members (excludes halogenated alkanes) is 12. The molecule has 6 N–H and O–H groups in total. The molecule has 0 aromatic heterocycles. The largest absolute Gasteiger partial charge is 0.470 e. The average Bonchev–Trinajstić information content (AvgIpc) is 3.06. The third kappa shape index (κ3) is 18.8. The van der Waals surface area contributed by atoms with Crippen LogP contribution in [0.15, 0.2) is 48.5 Å². The van der Waals surface area contributed by atoms with Crippen molar-refractivity contribution in [2.24, 2.45) is 5.41 Å². The van der Waals surface area contributed by atoms with E-state index in [1.165, 1.54) is 77.0 Å².